The van der Waals surface area contributed by atoms with Crippen molar-refractivity contribution in [2.24, 2.45) is 0 Å². The summed E-state index contributed by atoms with van der Waals surface area (Å²) in [5.41, 5.74) is -8.41. The lowest BCUT2D eigenvalue weighted by Gasteiger charge is -2.14. The number of aldehydes is 1. The number of rotatable bonds is 3. The molecule has 0 saturated carbocycles. The first kappa shape index (κ1) is 17.6. The van der Waals surface area contributed by atoms with Crippen molar-refractivity contribution in [1.82, 2.24) is 0 Å². The van der Waals surface area contributed by atoms with E-state index >= 15 is 0 Å². The van der Waals surface area contributed by atoms with E-state index < -0.39 is 43.7 Å². The predicted octanol–water partition coefficient (Wildman–Crippen LogP) is 3.40. The first-order valence-electron chi connectivity index (χ1n) is 4.66. The third-order valence-electron chi connectivity index (χ3n) is 2.01. The number of hydrogen-bond donors (Lipinski definition) is 0. The maximum atomic E-state index is 12.5. The molecule has 0 fully saturated rings. The molecule has 0 aliphatic rings. The van der Waals surface area contributed by atoms with E-state index in [9.17, 15) is 39.6 Å². The van der Waals surface area contributed by atoms with Gasteiger partial charge in [0.15, 0.2) is 12.0 Å². The Hall–Kier alpha value is -1.49. The van der Waals surface area contributed by atoms with Crippen molar-refractivity contribution in [2.75, 3.05) is 0 Å². The average Bonchev–Trinajstić information content (AvgIpc) is 2.27. The van der Waals surface area contributed by atoms with Crippen LogP contribution in [0.1, 0.15) is 15.9 Å². The minimum Gasteiger partial charge on any atom is -0.375 e. The Morgan fingerprint density at radius 2 is 1.62 bits per heavy atom. The monoisotopic (exact) mass is 356 g/mol. The molecule has 4 nitrogen and oxygen atoms in total. The Balaban J connectivity index is 3.46. The predicted molar refractivity (Wildman–Crippen MR) is 57.4 cm³/mol. The van der Waals surface area contributed by atoms with Gasteiger partial charge in [0.05, 0.1) is 16.1 Å². The highest BCUT2D eigenvalue weighted by Gasteiger charge is 2.49. The average molecular weight is 357 g/mol. The smallest absolute Gasteiger partial charge is 0.375 e. The van der Waals surface area contributed by atoms with Gasteiger partial charge in [-0.2, -0.15) is 34.8 Å². The largest absolute Gasteiger partial charge is 0.534 e. The van der Waals surface area contributed by atoms with Crippen molar-refractivity contribution in [3.8, 4) is 5.75 Å². The van der Waals surface area contributed by atoms with Crippen LogP contribution in [0, 0.1) is 0 Å². The van der Waals surface area contributed by atoms with Gasteiger partial charge in [-0.3, -0.25) is 4.79 Å². The fraction of sp³-hybridized carbons (Fsp3) is 0.222. The molecule has 1 aromatic carbocycles. The molecule has 0 N–H and O–H groups in total. The Morgan fingerprint density at radius 1 is 1.10 bits per heavy atom. The first-order chi connectivity index (χ1) is 9.29. The Bertz CT molecular complexity index is 664. The number of halogens is 7. The van der Waals surface area contributed by atoms with Crippen LogP contribution < -0.4 is 4.18 Å². The number of carbonyl (C=O) groups excluding carboxylic acids is 1. The van der Waals surface area contributed by atoms with Crippen LogP contribution in [0.3, 0.4) is 0 Å². The lowest BCUT2D eigenvalue weighted by Crippen LogP contribution is -2.28. The van der Waals surface area contributed by atoms with Crippen molar-refractivity contribution >= 4 is 28.0 Å². The molecular weight excluding hydrogens is 354 g/mol. The topological polar surface area (TPSA) is 60.4 Å². The van der Waals surface area contributed by atoms with E-state index in [1.165, 1.54) is 0 Å². The summed E-state index contributed by atoms with van der Waals surface area (Å²) in [4.78, 5) is 10.6. The van der Waals surface area contributed by atoms with Crippen LogP contribution >= 0.6 is 11.6 Å². The lowest BCUT2D eigenvalue weighted by atomic mass is 10.1. The molecule has 0 spiro atoms. The highest BCUT2D eigenvalue weighted by atomic mass is 35.5. The minimum atomic E-state index is -6.23. The van der Waals surface area contributed by atoms with Crippen LogP contribution in [-0.4, -0.2) is 20.2 Å². The Kier molecular flexibility index (Phi) is 4.49. The third kappa shape index (κ3) is 3.79. The number of hydrogen-bond acceptors (Lipinski definition) is 4. The standard InChI is InChI=1S/C9H3ClF6O4S/c10-6-1-4(3-17)7(2-5(6)8(11,12)13)20-21(18,19)9(14,15)16/h1-3H. The molecule has 1 aromatic rings. The van der Waals surface area contributed by atoms with Crippen molar-refractivity contribution < 1.29 is 43.7 Å². The molecule has 0 atom stereocenters. The summed E-state index contributed by atoms with van der Waals surface area (Å²) in [5.74, 6) is -1.43. The lowest BCUT2D eigenvalue weighted by molar-refractivity contribution is -0.137. The zero-order valence-corrected chi connectivity index (χ0v) is 11.0. The first-order valence-corrected chi connectivity index (χ1v) is 6.45. The van der Waals surface area contributed by atoms with Gasteiger partial charge in [0.1, 0.15) is 0 Å². The summed E-state index contributed by atoms with van der Waals surface area (Å²) in [6.45, 7) is 0. The summed E-state index contributed by atoms with van der Waals surface area (Å²) in [6.07, 6.45) is -5.29. The molecule has 12 heteroatoms. The minimum absolute atomic E-state index is 0.102. The summed E-state index contributed by atoms with van der Waals surface area (Å²) < 4.78 is 99.0. The summed E-state index contributed by atoms with van der Waals surface area (Å²) >= 11 is 5.22. The normalized spacial score (nSPS) is 13.1. The SMILES string of the molecule is O=Cc1cc(Cl)c(C(F)(F)F)cc1OS(=O)(=O)C(F)(F)F. The summed E-state index contributed by atoms with van der Waals surface area (Å²) in [6, 6.07) is 0.244. The van der Waals surface area contributed by atoms with Gasteiger partial charge in [-0.25, -0.2) is 0 Å². The molecule has 1 rings (SSSR count). The van der Waals surface area contributed by atoms with Crippen LogP contribution in [0.2, 0.25) is 5.02 Å². The van der Waals surface area contributed by atoms with Gasteiger partial charge >= 0.3 is 21.8 Å². The Morgan fingerprint density at radius 3 is 2.00 bits per heavy atom. The quantitative estimate of drug-likeness (QED) is 0.360. The Labute approximate surface area is 118 Å². The van der Waals surface area contributed by atoms with E-state index in [-0.39, 0.29) is 12.4 Å². The van der Waals surface area contributed by atoms with Crippen LogP contribution in [-0.2, 0) is 16.3 Å². The van der Waals surface area contributed by atoms with Gasteiger partial charge in [0, 0.05) is 0 Å². The molecule has 21 heavy (non-hydrogen) atoms. The molecule has 0 heterocycles. The zero-order valence-electron chi connectivity index (χ0n) is 9.42. The van der Waals surface area contributed by atoms with Gasteiger partial charge < -0.3 is 4.18 Å². The highest BCUT2D eigenvalue weighted by Crippen LogP contribution is 2.39. The van der Waals surface area contributed by atoms with Crippen molar-refractivity contribution in [2.45, 2.75) is 11.7 Å². The number of carbonyl (C=O) groups is 1. The van der Waals surface area contributed by atoms with Crippen LogP contribution in [0.15, 0.2) is 12.1 Å². The van der Waals surface area contributed by atoms with E-state index in [0.29, 0.717) is 6.07 Å². The number of alkyl halides is 6. The fourth-order valence-electron chi connectivity index (χ4n) is 1.12. The molecule has 0 saturated heterocycles. The van der Waals surface area contributed by atoms with E-state index in [2.05, 4.69) is 4.18 Å². The van der Waals surface area contributed by atoms with Gasteiger partial charge in [-0.05, 0) is 12.1 Å². The molecule has 0 unspecified atom stereocenters. The second-order valence-corrected chi connectivity index (χ2v) is 5.41. The van der Waals surface area contributed by atoms with Gasteiger partial charge in [-0.1, -0.05) is 11.6 Å². The fourth-order valence-corrected chi connectivity index (χ4v) is 1.87. The van der Waals surface area contributed by atoms with Gasteiger partial charge in [-0.15, -0.1) is 0 Å². The molecular formula is C9H3ClF6O4S. The molecule has 0 aliphatic heterocycles. The van der Waals surface area contributed by atoms with Crippen molar-refractivity contribution in [1.29, 1.82) is 0 Å². The third-order valence-corrected chi connectivity index (χ3v) is 3.29. The second kappa shape index (κ2) is 5.37. The van der Waals surface area contributed by atoms with Crippen LogP contribution in [0.5, 0.6) is 5.75 Å². The maximum Gasteiger partial charge on any atom is 0.534 e. The summed E-state index contributed by atoms with van der Waals surface area (Å²) in [5, 5.41) is -0.999. The van der Waals surface area contributed by atoms with Crippen LogP contribution in [0.4, 0.5) is 26.3 Å². The van der Waals surface area contributed by atoms with Crippen molar-refractivity contribution in [3.05, 3.63) is 28.3 Å². The highest BCUT2D eigenvalue weighted by molar-refractivity contribution is 7.88. The van der Waals surface area contributed by atoms with E-state index in [1.54, 1.807) is 0 Å². The summed E-state index contributed by atoms with van der Waals surface area (Å²) in [7, 11) is -6.23. The van der Waals surface area contributed by atoms with Gasteiger partial charge in [0.2, 0.25) is 0 Å². The van der Waals surface area contributed by atoms with Gasteiger partial charge in [0.25, 0.3) is 0 Å². The molecule has 0 aliphatic carbocycles. The second-order valence-electron chi connectivity index (χ2n) is 3.47. The van der Waals surface area contributed by atoms with E-state index in [1.807, 2.05) is 0 Å². The molecule has 0 aromatic heterocycles. The van der Waals surface area contributed by atoms with Crippen molar-refractivity contribution in [3.63, 3.8) is 0 Å². The maximum absolute atomic E-state index is 12.5. The van der Waals surface area contributed by atoms with E-state index in [0.717, 1.165) is 0 Å². The molecule has 118 valence electrons. The molecule has 0 radical (unpaired) electrons. The number of benzene rings is 1. The zero-order chi connectivity index (χ0) is 16.6. The molecule has 0 amide bonds. The van der Waals surface area contributed by atoms with E-state index in [4.69, 9.17) is 11.6 Å². The molecule has 0 bridgehead atoms. The van der Waals surface area contributed by atoms with Crippen LogP contribution in [0.25, 0.3) is 0 Å².